The van der Waals surface area contributed by atoms with Crippen LogP contribution in [0.1, 0.15) is 40.0 Å². The molecule has 0 aromatic heterocycles. The predicted molar refractivity (Wildman–Crippen MR) is 151 cm³/mol. The standard InChI is InChI=1S/C26H35N5O5S3/c1-25(2,3)21(30-39(35,36)19-7-5-4-6-8-19)24(34)31-16-26(37-11-12-38-26)14-20(31)23(33)29-18(15-27)13-17-9-10-28-22(17)32/h4-8,17-18,20-21,30H,9-14,16H2,1-3H3,(H,28,32)(H,29,33)/t17-,18-,20-,21+/m0/s1. The van der Waals surface area contributed by atoms with Crippen LogP contribution in [0.4, 0.5) is 0 Å². The molecule has 3 N–H and O–H groups in total. The molecule has 1 aromatic carbocycles. The Kier molecular flexibility index (Phi) is 8.90. The van der Waals surface area contributed by atoms with Gasteiger partial charge in [-0.25, -0.2) is 8.42 Å². The van der Waals surface area contributed by atoms with Crippen molar-refractivity contribution in [1.29, 1.82) is 5.26 Å². The summed E-state index contributed by atoms with van der Waals surface area (Å²) in [6, 6.07) is 7.09. The van der Waals surface area contributed by atoms with Crippen molar-refractivity contribution in [3.05, 3.63) is 30.3 Å². The maximum Gasteiger partial charge on any atom is 0.243 e. The number of sulfonamides is 1. The Hall–Kier alpha value is -2.27. The van der Waals surface area contributed by atoms with Gasteiger partial charge in [0.1, 0.15) is 18.1 Å². The summed E-state index contributed by atoms with van der Waals surface area (Å²) >= 11 is 3.41. The molecule has 3 heterocycles. The molecule has 3 aliphatic heterocycles. The van der Waals surface area contributed by atoms with Gasteiger partial charge in [-0.15, -0.1) is 23.5 Å². The third kappa shape index (κ3) is 6.73. The van der Waals surface area contributed by atoms with E-state index in [9.17, 15) is 28.1 Å². The highest BCUT2D eigenvalue weighted by Gasteiger charge is 2.53. The van der Waals surface area contributed by atoms with E-state index in [1.165, 1.54) is 17.0 Å². The number of hydrogen-bond acceptors (Lipinski definition) is 8. The predicted octanol–water partition coefficient (Wildman–Crippen LogP) is 1.69. The molecule has 3 aliphatic rings. The zero-order chi connectivity index (χ0) is 28.4. The van der Waals surface area contributed by atoms with Gasteiger partial charge in [-0.2, -0.15) is 9.98 Å². The quantitative estimate of drug-likeness (QED) is 0.413. The fourth-order valence-corrected chi connectivity index (χ4v) is 9.84. The third-order valence-corrected chi connectivity index (χ3v) is 12.2. The number of nitriles is 1. The van der Waals surface area contributed by atoms with Gasteiger partial charge in [0.05, 0.1) is 15.0 Å². The normalized spacial score (nSPS) is 24.3. The van der Waals surface area contributed by atoms with E-state index in [-0.39, 0.29) is 27.2 Å². The third-order valence-electron chi connectivity index (χ3n) is 7.29. The van der Waals surface area contributed by atoms with Gasteiger partial charge in [-0.3, -0.25) is 14.4 Å². The zero-order valence-electron chi connectivity index (χ0n) is 22.3. The van der Waals surface area contributed by atoms with Crippen LogP contribution in [0.25, 0.3) is 0 Å². The summed E-state index contributed by atoms with van der Waals surface area (Å²) in [5, 5.41) is 15.2. The zero-order valence-corrected chi connectivity index (χ0v) is 24.8. The Labute approximate surface area is 238 Å². The Morgan fingerprint density at radius 2 is 1.90 bits per heavy atom. The smallest absolute Gasteiger partial charge is 0.243 e. The number of nitrogens with zero attached hydrogens (tertiary/aromatic N) is 2. The molecule has 10 nitrogen and oxygen atoms in total. The summed E-state index contributed by atoms with van der Waals surface area (Å²) < 4.78 is 28.7. The lowest BCUT2D eigenvalue weighted by molar-refractivity contribution is -0.141. The minimum Gasteiger partial charge on any atom is -0.356 e. The Morgan fingerprint density at radius 1 is 1.23 bits per heavy atom. The molecular formula is C26H35N5O5S3. The molecule has 0 radical (unpaired) electrons. The van der Waals surface area contributed by atoms with Crippen molar-refractivity contribution in [3.8, 4) is 6.07 Å². The number of likely N-dealkylation sites (tertiary alicyclic amines) is 1. The van der Waals surface area contributed by atoms with Crippen LogP contribution in [0.15, 0.2) is 35.2 Å². The molecule has 39 heavy (non-hydrogen) atoms. The van der Waals surface area contributed by atoms with E-state index in [0.29, 0.717) is 25.9 Å². The minimum absolute atomic E-state index is 0.0500. The lowest BCUT2D eigenvalue weighted by Crippen LogP contribution is -2.58. The number of carbonyl (C=O) groups is 3. The maximum absolute atomic E-state index is 14.1. The van der Waals surface area contributed by atoms with Crippen LogP contribution in [0.3, 0.4) is 0 Å². The van der Waals surface area contributed by atoms with E-state index < -0.39 is 45.4 Å². The average molecular weight is 594 g/mol. The van der Waals surface area contributed by atoms with Crippen LogP contribution >= 0.6 is 23.5 Å². The van der Waals surface area contributed by atoms with Gasteiger partial charge in [0, 0.05) is 36.9 Å². The maximum atomic E-state index is 14.1. The largest absolute Gasteiger partial charge is 0.356 e. The second-order valence-electron chi connectivity index (χ2n) is 11.2. The van der Waals surface area contributed by atoms with Gasteiger partial charge in [0.2, 0.25) is 27.7 Å². The summed E-state index contributed by atoms with van der Waals surface area (Å²) in [6.07, 6.45) is 1.20. The molecule has 3 fully saturated rings. The van der Waals surface area contributed by atoms with Crippen LogP contribution in [-0.4, -0.2) is 77.8 Å². The van der Waals surface area contributed by atoms with E-state index in [1.807, 2.05) is 0 Å². The number of amides is 3. The minimum atomic E-state index is -4.01. The number of rotatable bonds is 8. The molecule has 0 aliphatic carbocycles. The van der Waals surface area contributed by atoms with Gasteiger partial charge < -0.3 is 15.5 Å². The molecular weight excluding hydrogens is 559 g/mol. The first-order valence-electron chi connectivity index (χ1n) is 13.0. The molecule has 212 valence electrons. The fourth-order valence-electron chi connectivity index (χ4n) is 5.16. The van der Waals surface area contributed by atoms with Gasteiger partial charge in [0.25, 0.3) is 0 Å². The van der Waals surface area contributed by atoms with Crippen molar-refractivity contribution in [2.24, 2.45) is 11.3 Å². The second kappa shape index (κ2) is 11.7. The Balaban J connectivity index is 1.58. The fraction of sp³-hybridized carbons (Fsp3) is 0.615. The lowest BCUT2D eigenvalue weighted by atomic mass is 9.86. The molecule has 3 amide bonds. The first-order chi connectivity index (χ1) is 18.3. The molecule has 0 unspecified atom stereocenters. The van der Waals surface area contributed by atoms with Crippen LogP contribution < -0.4 is 15.4 Å². The van der Waals surface area contributed by atoms with Gasteiger partial charge in [-0.05, 0) is 30.4 Å². The van der Waals surface area contributed by atoms with Crippen molar-refractivity contribution in [3.63, 3.8) is 0 Å². The monoisotopic (exact) mass is 593 g/mol. The van der Waals surface area contributed by atoms with Crippen LogP contribution in [-0.2, 0) is 24.4 Å². The van der Waals surface area contributed by atoms with Crippen molar-refractivity contribution in [2.75, 3.05) is 24.6 Å². The van der Waals surface area contributed by atoms with Crippen molar-refractivity contribution in [2.45, 2.75) is 67.1 Å². The number of hydrogen-bond donors (Lipinski definition) is 3. The van der Waals surface area contributed by atoms with Crippen LogP contribution in [0.5, 0.6) is 0 Å². The molecule has 3 saturated heterocycles. The highest BCUT2D eigenvalue weighted by Crippen LogP contribution is 2.52. The average Bonchev–Trinajstić information content (AvgIpc) is 3.62. The van der Waals surface area contributed by atoms with Crippen molar-refractivity contribution in [1.82, 2.24) is 20.3 Å². The van der Waals surface area contributed by atoms with Crippen molar-refractivity contribution >= 4 is 51.3 Å². The van der Waals surface area contributed by atoms with E-state index in [0.717, 1.165) is 11.5 Å². The van der Waals surface area contributed by atoms with E-state index in [2.05, 4.69) is 21.4 Å². The summed E-state index contributed by atoms with van der Waals surface area (Å²) in [7, 11) is -4.01. The van der Waals surface area contributed by atoms with E-state index in [1.54, 1.807) is 62.5 Å². The van der Waals surface area contributed by atoms with Crippen molar-refractivity contribution < 1.29 is 22.8 Å². The van der Waals surface area contributed by atoms with Gasteiger partial charge >= 0.3 is 0 Å². The number of benzene rings is 1. The first-order valence-corrected chi connectivity index (χ1v) is 16.4. The molecule has 4 rings (SSSR count). The Bertz CT molecular complexity index is 1240. The van der Waals surface area contributed by atoms with E-state index in [4.69, 9.17) is 0 Å². The molecule has 13 heteroatoms. The number of thioether (sulfide) groups is 2. The molecule has 1 aromatic rings. The lowest BCUT2D eigenvalue weighted by Gasteiger charge is -2.35. The number of nitrogens with one attached hydrogen (secondary N) is 3. The van der Waals surface area contributed by atoms with E-state index >= 15 is 0 Å². The Morgan fingerprint density at radius 3 is 2.46 bits per heavy atom. The highest BCUT2D eigenvalue weighted by atomic mass is 32.2. The first kappa shape index (κ1) is 29.7. The summed E-state index contributed by atoms with van der Waals surface area (Å²) in [5.74, 6) is 0.372. The summed E-state index contributed by atoms with van der Waals surface area (Å²) in [6.45, 7) is 6.18. The summed E-state index contributed by atoms with van der Waals surface area (Å²) in [4.78, 5) is 41.3. The number of carbonyl (C=O) groups excluding carboxylic acids is 3. The van der Waals surface area contributed by atoms with Crippen LogP contribution in [0.2, 0.25) is 0 Å². The second-order valence-corrected chi connectivity index (χ2v) is 16.2. The van der Waals surface area contributed by atoms with Gasteiger partial charge in [-0.1, -0.05) is 39.0 Å². The molecule has 0 bridgehead atoms. The SMILES string of the molecule is CC(C)(C)[C@H](NS(=O)(=O)c1ccccc1)C(=O)N1CC2(C[C@H]1C(=O)N[C@H](C#N)C[C@@H]1CCNC1=O)SCCS2. The molecule has 0 saturated carbocycles. The molecule has 4 atom stereocenters. The summed E-state index contributed by atoms with van der Waals surface area (Å²) in [5.41, 5.74) is -0.795. The topological polar surface area (TPSA) is 148 Å². The van der Waals surface area contributed by atoms with Gasteiger partial charge in [0.15, 0.2) is 0 Å². The highest BCUT2D eigenvalue weighted by molar-refractivity contribution is 8.21. The molecule has 1 spiro atoms. The van der Waals surface area contributed by atoms with Crippen LogP contribution in [0, 0.1) is 22.7 Å².